The zero-order valence-electron chi connectivity index (χ0n) is 11.8. The predicted molar refractivity (Wildman–Crippen MR) is 77.7 cm³/mol. The summed E-state index contributed by atoms with van der Waals surface area (Å²) in [6, 6.07) is 9.56. The van der Waals surface area contributed by atoms with Crippen molar-refractivity contribution >= 4 is 11.6 Å². The number of hydrogen-bond acceptors (Lipinski definition) is 2. The third-order valence-corrected chi connectivity index (χ3v) is 3.48. The first-order chi connectivity index (χ1) is 9.91. The second-order valence-corrected chi connectivity index (χ2v) is 4.85. The Hall–Kier alpha value is -2.43. The lowest BCUT2D eigenvalue weighted by Gasteiger charge is -2.26. The Morgan fingerprint density at radius 2 is 1.81 bits per heavy atom. The number of amides is 1. The Morgan fingerprint density at radius 1 is 1.14 bits per heavy atom. The number of halogens is 2. The van der Waals surface area contributed by atoms with Crippen LogP contribution in [0.1, 0.15) is 28.9 Å². The van der Waals surface area contributed by atoms with Gasteiger partial charge in [-0.1, -0.05) is 18.2 Å². The SMILES string of the molecule is CC(c1ccccc1F)N(C)C(=O)c1ccc(N)cc1F. The summed E-state index contributed by atoms with van der Waals surface area (Å²) in [5, 5.41) is 0. The van der Waals surface area contributed by atoms with E-state index < -0.39 is 23.6 Å². The lowest BCUT2D eigenvalue weighted by Crippen LogP contribution is -2.30. The number of rotatable bonds is 3. The van der Waals surface area contributed by atoms with E-state index >= 15 is 0 Å². The van der Waals surface area contributed by atoms with Gasteiger partial charge in [-0.3, -0.25) is 4.79 Å². The Bertz CT molecular complexity index is 673. The van der Waals surface area contributed by atoms with Crippen LogP contribution in [-0.2, 0) is 0 Å². The molecule has 0 aliphatic carbocycles. The molecule has 2 N–H and O–H groups in total. The highest BCUT2D eigenvalue weighted by Crippen LogP contribution is 2.24. The van der Waals surface area contributed by atoms with Crippen molar-refractivity contribution in [2.24, 2.45) is 0 Å². The first-order valence-electron chi connectivity index (χ1n) is 6.48. The van der Waals surface area contributed by atoms with Crippen molar-refractivity contribution in [3.05, 3.63) is 65.2 Å². The zero-order valence-corrected chi connectivity index (χ0v) is 11.8. The molecule has 2 aromatic rings. The van der Waals surface area contributed by atoms with Crippen LogP contribution in [0.4, 0.5) is 14.5 Å². The standard InChI is InChI=1S/C16H16F2N2O/c1-10(12-5-3-4-6-14(12)17)20(2)16(21)13-8-7-11(19)9-15(13)18/h3-10H,19H2,1-2H3. The van der Waals surface area contributed by atoms with Crippen LogP contribution in [0.5, 0.6) is 0 Å². The van der Waals surface area contributed by atoms with E-state index in [2.05, 4.69) is 0 Å². The largest absolute Gasteiger partial charge is 0.399 e. The second kappa shape index (κ2) is 5.91. The summed E-state index contributed by atoms with van der Waals surface area (Å²) in [5.41, 5.74) is 6.00. The summed E-state index contributed by atoms with van der Waals surface area (Å²) in [4.78, 5) is 13.6. The van der Waals surface area contributed by atoms with Gasteiger partial charge in [0.25, 0.3) is 5.91 Å². The minimum atomic E-state index is -0.687. The van der Waals surface area contributed by atoms with Crippen molar-refractivity contribution in [3.63, 3.8) is 0 Å². The van der Waals surface area contributed by atoms with Gasteiger partial charge in [0.1, 0.15) is 11.6 Å². The summed E-state index contributed by atoms with van der Waals surface area (Å²) in [5.74, 6) is -1.61. The van der Waals surface area contributed by atoms with E-state index in [1.807, 2.05) is 0 Å². The average molecular weight is 290 g/mol. The van der Waals surface area contributed by atoms with E-state index in [0.717, 1.165) is 6.07 Å². The van der Waals surface area contributed by atoms with Gasteiger partial charge in [0.2, 0.25) is 0 Å². The number of carbonyl (C=O) groups is 1. The van der Waals surface area contributed by atoms with E-state index in [-0.39, 0.29) is 11.3 Å². The third kappa shape index (κ3) is 3.02. The maximum Gasteiger partial charge on any atom is 0.257 e. The third-order valence-electron chi connectivity index (χ3n) is 3.48. The number of nitrogen functional groups attached to an aromatic ring is 1. The van der Waals surface area contributed by atoms with Crippen molar-refractivity contribution in [2.75, 3.05) is 12.8 Å². The molecule has 5 heteroatoms. The molecule has 0 aliphatic rings. The first-order valence-corrected chi connectivity index (χ1v) is 6.48. The van der Waals surface area contributed by atoms with Crippen LogP contribution in [0, 0.1) is 11.6 Å². The van der Waals surface area contributed by atoms with Crippen molar-refractivity contribution in [2.45, 2.75) is 13.0 Å². The highest BCUT2D eigenvalue weighted by molar-refractivity contribution is 5.94. The number of hydrogen-bond donors (Lipinski definition) is 1. The van der Waals surface area contributed by atoms with Crippen LogP contribution >= 0.6 is 0 Å². The first kappa shape index (κ1) is 15.0. The van der Waals surface area contributed by atoms with Crippen LogP contribution in [0.3, 0.4) is 0 Å². The Balaban J connectivity index is 2.29. The van der Waals surface area contributed by atoms with Crippen LogP contribution in [0.2, 0.25) is 0 Å². The van der Waals surface area contributed by atoms with Crippen LogP contribution < -0.4 is 5.73 Å². The van der Waals surface area contributed by atoms with Crippen LogP contribution in [0.15, 0.2) is 42.5 Å². The highest BCUT2D eigenvalue weighted by Gasteiger charge is 2.23. The number of nitrogens with zero attached hydrogens (tertiary/aromatic N) is 1. The molecule has 2 aromatic carbocycles. The summed E-state index contributed by atoms with van der Waals surface area (Å²) in [6.07, 6.45) is 0. The molecule has 0 spiro atoms. The maximum absolute atomic E-state index is 13.8. The molecule has 110 valence electrons. The summed E-state index contributed by atoms with van der Waals surface area (Å²) < 4.78 is 27.6. The lowest BCUT2D eigenvalue weighted by molar-refractivity contribution is 0.0736. The molecule has 0 aliphatic heterocycles. The fraction of sp³-hybridized carbons (Fsp3) is 0.188. The molecule has 2 rings (SSSR count). The van der Waals surface area contributed by atoms with Gasteiger partial charge in [-0.05, 0) is 31.2 Å². The molecule has 0 saturated carbocycles. The fourth-order valence-electron chi connectivity index (χ4n) is 2.09. The van der Waals surface area contributed by atoms with Gasteiger partial charge < -0.3 is 10.6 Å². The number of anilines is 1. The van der Waals surface area contributed by atoms with Gasteiger partial charge in [0, 0.05) is 18.3 Å². The van der Waals surface area contributed by atoms with Crippen molar-refractivity contribution in [1.29, 1.82) is 0 Å². The molecule has 0 fully saturated rings. The van der Waals surface area contributed by atoms with Crippen LogP contribution in [0.25, 0.3) is 0 Å². The molecule has 3 nitrogen and oxygen atoms in total. The van der Waals surface area contributed by atoms with Gasteiger partial charge >= 0.3 is 0 Å². The summed E-state index contributed by atoms with van der Waals surface area (Å²) in [7, 11) is 1.51. The van der Waals surface area contributed by atoms with Gasteiger partial charge in [-0.25, -0.2) is 8.78 Å². The maximum atomic E-state index is 13.8. The topological polar surface area (TPSA) is 46.3 Å². The molecule has 21 heavy (non-hydrogen) atoms. The Morgan fingerprint density at radius 3 is 2.43 bits per heavy atom. The number of nitrogens with two attached hydrogens (primary N) is 1. The number of benzene rings is 2. The molecule has 1 atom stereocenters. The lowest BCUT2D eigenvalue weighted by atomic mass is 10.1. The van der Waals surface area contributed by atoms with Gasteiger partial charge in [-0.2, -0.15) is 0 Å². The molecule has 1 amide bonds. The molecular formula is C16H16F2N2O. The van der Waals surface area contributed by atoms with Crippen molar-refractivity contribution in [3.8, 4) is 0 Å². The molecule has 0 saturated heterocycles. The molecule has 0 bridgehead atoms. The fourth-order valence-corrected chi connectivity index (χ4v) is 2.09. The quantitative estimate of drug-likeness (QED) is 0.881. The van der Waals surface area contributed by atoms with E-state index in [1.165, 1.54) is 30.1 Å². The molecule has 0 radical (unpaired) electrons. The van der Waals surface area contributed by atoms with Crippen LogP contribution in [-0.4, -0.2) is 17.9 Å². The second-order valence-electron chi connectivity index (χ2n) is 4.85. The number of carbonyl (C=O) groups excluding carboxylic acids is 1. The zero-order chi connectivity index (χ0) is 15.6. The highest BCUT2D eigenvalue weighted by atomic mass is 19.1. The van der Waals surface area contributed by atoms with Gasteiger partial charge in [-0.15, -0.1) is 0 Å². The Labute approximate surface area is 122 Å². The van der Waals surface area contributed by atoms with E-state index in [4.69, 9.17) is 5.73 Å². The molecular weight excluding hydrogens is 274 g/mol. The minimum absolute atomic E-state index is 0.0881. The van der Waals surface area contributed by atoms with Crippen molar-refractivity contribution < 1.29 is 13.6 Å². The molecule has 1 unspecified atom stereocenters. The van der Waals surface area contributed by atoms with E-state index in [0.29, 0.717) is 5.56 Å². The normalized spacial score (nSPS) is 12.0. The van der Waals surface area contributed by atoms with E-state index in [9.17, 15) is 13.6 Å². The summed E-state index contributed by atoms with van der Waals surface area (Å²) in [6.45, 7) is 1.69. The van der Waals surface area contributed by atoms with Crippen molar-refractivity contribution in [1.82, 2.24) is 4.90 Å². The predicted octanol–water partition coefficient (Wildman–Crippen LogP) is 3.38. The minimum Gasteiger partial charge on any atom is -0.399 e. The van der Waals surface area contributed by atoms with E-state index in [1.54, 1.807) is 25.1 Å². The smallest absolute Gasteiger partial charge is 0.257 e. The monoisotopic (exact) mass is 290 g/mol. The summed E-state index contributed by atoms with van der Waals surface area (Å²) >= 11 is 0. The molecule has 0 aromatic heterocycles. The van der Waals surface area contributed by atoms with Gasteiger partial charge in [0.05, 0.1) is 11.6 Å². The average Bonchev–Trinajstić information content (AvgIpc) is 2.45. The van der Waals surface area contributed by atoms with Gasteiger partial charge in [0.15, 0.2) is 0 Å². The molecule has 0 heterocycles. The Kier molecular flexibility index (Phi) is 4.21.